The number of primary amides is 1. The van der Waals surface area contributed by atoms with Gasteiger partial charge < -0.3 is 11.1 Å². The van der Waals surface area contributed by atoms with Crippen LogP contribution in [0.2, 0.25) is 0 Å². The van der Waals surface area contributed by atoms with Crippen molar-refractivity contribution in [3.05, 3.63) is 63.6 Å². The number of anilines is 1. The standard InChI is InChI=1S/C17H19BrN2O/c1-3-15(12-5-4-6-14(18)10-12)20-16-8-7-13(17(19)21)9-11(16)2/h4-10,15,20H,3H2,1-2H3,(H2,19,21). The lowest BCUT2D eigenvalue weighted by molar-refractivity contribution is 0.1000. The van der Waals surface area contributed by atoms with Gasteiger partial charge in [-0.1, -0.05) is 35.0 Å². The molecule has 0 bridgehead atoms. The fraction of sp³-hybridized carbons (Fsp3) is 0.235. The third kappa shape index (κ3) is 3.85. The Morgan fingerprint density at radius 1 is 1.29 bits per heavy atom. The van der Waals surface area contributed by atoms with Crippen molar-refractivity contribution in [3.8, 4) is 0 Å². The fourth-order valence-electron chi connectivity index (χ4n) is 2.31. The number of carbonyl (C=O) groups excluding carboxylic acids is 1. The van der Waals surface area contributed by atoms with Gasteiger partial charge in [-0.05, 0) is 54.8 Å². The molecule has 1 atom stereocenters. The quantitative estimate of drug-likeness (QED) is 0.841. The SMILES string of the molecule is CCC(Nc1ccc(C(N)=O)cc1C)c1cccc(Br)c1. The predicted octanol–water partition coefficient (Wildman–Crippen LogP) is 4.42. The lowest BCUT2D eigenvalue weighted by Gasteiger charge is -2.20. The third-order valence-electron chi connectivity index (χ3n) is 3.50. The third-order valence-corrected chi connectivity index (χ3v) is 3.99. The van der Waals surface area contributed by atoms with Crippen LogP contribution >= 0.6 is 15.9 Å². The molecule has 0 aromatic heterocycles. The molecule has 0 saturated heterocycles. The first kappa shape index (κ1) is 15.6. The molecule has 0 saturated carbocycles. The van der Waals surface area contributed by atoms with Gasteiger partial charge in [0, 0.05) is 15.7 Å². The van der Waals surface area contributed by atoms with E-state index in [0.29, 0.717) is 5.56 Å². The van der Waals surface area contributed by atoms with Crippen LogP contribution in [0.25, 0.3) is 0 Å². The molecule has 0 aliphatic carbocycles. The average Bonchev–Trinajstić information content (AvgIpc) is 2.45. The Morgan fingerprint density at radius 3 is 2.62 bits per heavy atom. The number of amides is 1. The minimum Gasteiger partial charge on any atom is -0.378 e. The molecule has 3 nitrogen and oxygen atoms in total. The monoisotopic (exact) mass is 346 g/mol. The van der Waals surface area contributed by atoms with Gasteiger partial charge in [0.1, 0.15) is 0 Å². The molecule has 4 heteroatoms. The predicted molar refractivity (Wildman–Crippen MR) is 90.5 cm³/mol. The Bertz CT molecular complexity index is 655. The molecular weight excluding hydrogens is 328 g/mol. The fourth-order valence-corrected chi connectivity index (χ4v) is 2.73. The summed E-state index contributed by atoms with van der Waals surface area (Å²) in [5.41, 5.74) is 9.10. The number of carbonyl (C=O) groups is 1. The van der Waals surface area contributed by atoms with E-state index < -0.39 is 5.91 Å². The van der Waals surface area contributed by atoms with Crippen molar-refractivity contribution >= 4 is 27.5 Å². The zero-order valence-electron chi connectivity index (χ0n) is 12.2. The normalized spacial score (nSPS) is 12.0. The lowest BCUT2D eigenvalue weighted by atomic mass is 10.0. The highest BCUT2D eigenvalue weighted by Crippen LogP contribution is 2.27. The minimum absolute atomic E-state index is 0.223. The maximum atomic E-state index is 11.2. The van der Waals surface area contributed by atoms with E-state index in [4.69, 9.17) is 5.73 Å². The lowest BCUT2D eigenvalue weighted by Crippen LogP contribution is -2.13. The van der Waals surface area contributed by atoms with Gasteiger partial charge in [0.25, 0.3) is 0 Å². The summed E-state index contributed by atoms with van der Waals surface area (Å²) in [6.45, 7) is 4.12. The summed E-state index contributed by atoms with van der Waals surface area (Å²) >= 11 is 3.51. The highest BCUT2D eigenvalue weighted by Gasteiger charge is 2.11. The largest absolute Gasteiger partial charge is 0.378 e. The van der Waals surface area contributed by atoms with Crippen molar-refractivity contribution in [2.45, 2.75) is 26.3 Å². The summed E-state index contributed by atoms with van der Waals surface area (Å²) in [4.78, 5) is 11.2. The number of halogens is 1. The van der Waals surface area contributed by atoms with E-state index in [9.17, 15) is 4.79 Å². The Morgan fingerprint density at radius 2 is 2.05 bits per heavy atom. The minimum atomic E-state index is -0.399. The number of nitrogens with one attached hydrogen (secondary N) is 1. The molecule has 0 fully saturated rings. The van der Waals surface area contributed by atoms with Gasteiger partial charge in [-0.15, -0.1) is 0 Å². The maximum absolute atomic E-state index is 11.2. The van der Waals surface area contributed by atoms with Crippen LogP contribution in [0.3, 0.4) is 0 Å². The molecule has 110 valence electrons. The molecule has 2 rings (SSSR count). The molecule has 2 aromatic carbocycles. The number of aryl methyl sites for hydroxylation is 1. The van der Waals surface area contributed by atoms with Crippen LogP contribution in [0.4, 0.5) is 5.69 Å². The van der Waals surface area contributed by atoms with Gasteiger partial charge in [-0.3, -0.25) is 4.79 Å². The van der Waals surface area contributed by atoms with Crippen molar-refractivity contribution in [2.24, 2.45) is 5.73 Å². The van der Waals surface area contributed by atoms with Crippen LogP contribution in [-0.4, -0.2) is 5.91 Å². The zero-order chi connectivity index (χ0) is 15.4. The molecule has 0 aliphatic heterocycles. The van der Waals surface area contributed by atoms with Crippen LogP contribution < -0.4 is 11.1 Å². The molecule has 21 heavy (non-hydrogen) atoms. The molecule has 1 unspecified atom stereocenters. The molecular formula is C17H19BrN2O. The summed E-state index contributed by atoms with van der Waals surface area (Å²) in [5, 5.41) is 3.53. The van der Waals surface area contributed by atoms with Gasteiger partial charge in [0.15, 0.2) is 0 Å². The number of benzene rings is 2. The highest BCUT2D eigenvalue weighted by molar-refractivity contribution is 9.10. The van der Waals surface area contributed by atoms with E-state index in [-0.39, 0.29) is 6.04 Å². The molecule has 3 N–H and O–H groups in total. The van der Waals surface area contributed by atoms with E-state index in [0.717, 1.165) is 22.1 Å². The van der Waals surface area contributed by atoms with Gasteiger partial charge in [-0.25, -0.2) is 0 Å². The summed E-state index contributed by atoms with van der Waals surface area (Å²) in [6, 6.07) is 14.0. The average molecular weight is 347 g/mol. The van der Waals surface area contributed by atoms with E-state index >= 15 is 0 Å². The maximum Gasteiger partial charge on any atom is 0.248 e. The van der Waals surface area contributed by atoms with Crippen molar-refractivity contribution in [3.63, 3.8) is 0 Å². The Labute approximate surface area is 133 Å². The first-order chi connectivity index (χ1) is 10.0. The second-order valence-electron chi connectivity index (χ2n) is 5.05. The van der Waals surface area contributed by atoms with E-state index in [1.165, 1.54) is 5.56 Å². The zero-order valence-corrected chi connectivity index (χ0v) is 13.8. The first-order valence-electron chi connectivity index (χ1n) is 6.93. The van der Waals surface area contributed by atoms with Crippen molar-refractivity contribution < 1.29 is 4.79 Å². The van der Waals surface area contributed by atoms with Crippen LogP contribution in [0.5, 0.6) is 0 Å². The number of hydrogen-bond acceptors (Lipinski definition) is 2. The van der Waals surface area contributed by atoms with E-state index in [2.05, 4.69) is 40.3 Å². The smallest absolute Gasteiger partial charge is 0.248 e. The molecule has 0 radical (unpaired) electrons. The molecule has 0 heterocycles. The first-order valence-corrected chi connectivity index (χ1v) is 7.73. The van der Waals surface area contributed by atoms with Crippen LogP contribution in [0.15, 0.2) is 46.9 Å². The molecule has 0 spiro atoms. The van der Waals surface area contributed by atoms with Crippen molar-refractivity contribution in [2.75, 3.05) is 5.32 Å². The van der Waals surface area contributed by atoms with Gasteiger partial charge in [0.2, 0.25) is 5.91 Å². The number of nitrogens with two attached hydrogens (primary N) is 1. The molecule has 0 aliphatic rings. The van der Waals surface area contributed by atoms with Crippen LogP contribution in [0.1, 0.15) is 40.9 Å². The van der Waals surface area contributed by atoms with Crippen molar-refractivity contribution in [1.29, 1.82) is 0 Å². The Kier molecular flexibility index (Phi) is 5.02. The topological polar surface area (TPSA) is 55.1 Å². The van der Waals surface area contributed by atoms with E-state index in [1.807, 2.05) is 31.2 Å². The number of hydrogen-bond donors (Lipinski definition) is 2. The van der Waals surface area contributed by atoms with E-state index in [1.54, 1.807) is 6.07 Å². The molecule has 2 aromatic rings. The summed E-state index contributed by atoms with van der Waals surface area (Å²) in [7, 11) is 0. The number of rotatable bonds is 5. The summed E-state index contributed by atoms with van der Waals surface area (Å²) in [5.74, 6) is -0.399. The Hall–Kier alpha value is -1.81. The highest BCUT2D eigenvalue weighted by atomic mass is 79.9. The summed E-state index contributed by atoms with van der Waals surface area (Å²) in [6.07, 6.45) is 0.966. The van der Waals surface area contributed by atoms with Gasteiger partial charge >= 0.3 is 0 Å². The van der Waals surface area contributed by atoms with Gasteiger partial charge in [0.05, 0.1) is 6.04 Å². The van der Waals surface area contributed by atoms with Crippen molar-refractivity contribution in [1.82, 2.24) is 0 Å². The van der Waals surface area contributed by atoms with Gasteiger partial charge in [-0.2, -0.15) is 0 Å². The van der Waals surface area contributed by atoms with Crippen LogP contribution in [-0.2, 0) is 0 Å². The van der Waals surface area contributed by atoms with Crippen LogP contribution in [0, 0.1) is 6.92 Å². The summed E-state index contributed by atoms with van der Waals surface area (Å²) < 4.78 is 1.07. The molecule has 1 amide bonds. The second kappa shape index (κ2) is 6.76. The second-order valence-corrected chi connectivity index (χ2v) is 5.97. The Balaban J connectivity index is 2.25.